The van der Waals surface area contributed by atoms with Gasteiger partial charge in [0, 0.05) is 58.0 Å². The lowest BCUT2D eigenvalue weighted by molar-refractivity contribution is -0.141. The second-order valence-electron chi connectivity index (χ2n) is 7.06. The summed E-state index contributed by atoms with van der Waals surface area (Å²) in [5.74, 6) is 0.756. The second-order valence-corrected chi connectivity index (χ2v) is 7.06. The van der Waals surface area contributed by atoms with Crippen LogP contribution in [0.4, 0.5) is 5.69 Å². The fraction of sp³-hybridized carbons (Fsp3) is 0.600. The molecule has 0 bridgehead atoms. The van der Waals surface area contributed by atoms with Gasteiger partial charge in [-0.2, -0.15) is 0 Å². The number of anilines is 1. The highest BCUT2D eigenvalue weighted by Gasteiger charge is 2.26. The summed E-state index contributed by atoms with van der Waals surface area (Å²) in [6, 6.07) is 7.97. The molecular weight excluding hydrogens is 344 g/mol. The summed E-state index contributed by atoms with van der Waals surface area (Å²) in [4.78, 5) is 33.2. The molecule has 2 fully saturated rings. The van der Waals surface area contributed by atoms with Gasteiger partial charge in [-0.3, -0.25) is 9.59 Å². The van der Waals surface area contributed by atoms with Gasteiger partial charge in [-0.25, -0.2) is 0 Å². The fourth-order valence-electron chi connectivity index (χ4n) is 3.67. The van der Waals surface area contributed by atoms with E-state index in [1.165, 1.54) is 0 Å². The van der Waals surface area contributed by atoms with Crippen LogP contribution < -0.4 is 9.64 Å². The number of rotatable bonds is 5. The number of hydrogen-bond acceptors (Lipinski definition) is 5. The number of carbonyl (C=O) groups excluding carboxylic acids is 2. The molecule has 2 heterocycles. The van der Waals surface area contributed by atoms with E-state index in [9.17, 15) is 9.59 Å². The van der Waals surface area contributed by atoms with Crippen LogP contribution in [0.1, 0.15) is 13.3 Å². The first-order chi connectivity index (χ1) is 13.1. The highest BCUT2D eigenvalue weighted by atomic mass is 16.5. The van der Waals surface area contributed by atoms with Crippen LogP contribution in [-0.2, 0) is 9.59 Å². The van der Waals surface area contributed by atoms with Gasteiger partial charge in [-0.05, 0) is 30.8 Å². The lowest BCUT2D eigenvalue weighted by atomic mass is 10.2. The molecule has 1 aromatic carbocycles. The molecule has 7 nitrogen and oxygen atoms in total. The average Bonchev–Trinajstić information content (AvgIpc) is 2.74. The minimum atomic E-state index is -0.0488. The number of nitrogens with zero attached hydrogens (tertiary/aromatic N) is 4. The summed E-state index contributed by atoms with van der Waals surface area (Å²) in [5.41, 5.74) is 1.13. The number of hydrogen-bond donors (Lipinski definition) is 0. The molecular formula is C20H30N4O3. The lowest BCUT2D eigenvalue weighted by Crippen LogP contribution is -2.52. The maximum atomic E-state index is 12.5. The van der Waals surface area contributed by atoms with Gasteiger partial charge >= 0.3 is 0 Å². The number of ether oxygens (including phenoxy) is 1. The zero-order valence-corrected chi connectivity index (χ0v) is 16.4. The minimum Gasteiger partial charge on any atom is -0.497 e. The zero-order valence-electron chi connectivity index (χ0n) is 16.4. The van der Waals surface area contributed by atoms with Gasteiger partial charge in [0.05, 0.1) is 7.11 Å². The van der Waals surface area contributed by atoms with Crippen LogP contribution in [-0.4, -0.2) is 92.5 Å². The van der Waals surface area contributed by atoms with Gasteiger partial charge in [0.1, 0.15) is 12.2 Å². The van der Waals surface area contributed by atoms with E-state index < -0.39 is 0 Å². The van der Waals surface area contributed by atoms with Crippen molar-refractivity contribution in [2.24, 2.45) is 0 Å². The number of methoxy groups -OCH3 is 1. The number of amides is 2. The largest absolute Gasteiger partial charge is 0.497 e. The molecule has 2 amide bonds. The maximum Gasteiger partial charge on any atom is 0.232 e. The van der Waals surface area contributed by atoms with Crippen LogP contribution in [0.3, 0.4) is 0 Å². The van der Waals surface area contributed by atoms with E-state index in [0.717, 1.165) is 57.3 Å². The van der Waals surface area contributed by atoms with E-state index >= 15 is 0 Å². The molecule has 0 saturated carbocycles. The zero-order chi connectivity index (χ0) is 19.2. The molecule has 2 aliphatic heterocycles. The van der Waals surface area contributed by atoms with Crippen molar-refractivity contribution in [2.45, 2.75) is 13.3 Å². The van der Waals surface area contributed by atoms with Crippen LogP contribution in [0.2, 0.25) is 0 Å². The third-order valence-corrected chi connectivity index (χ3v) is 5.54. The van der Waals surface area contributed by atoms with Gasteiger partial charge in [-0.1, -0.05) is 6.92 Å². The maximum absolute atomic E-state index is 12.5. The Morgan fingerprint density at radius 1 is 0.852 bits per heavy atom. The fourth-order valence-corrected chi connectivity index (χ4v) is 3.67. The Morgan fingerprint density at radius 3 is 1.85 bits per heavy atom. The Labute approximate surface area is 161 Å². The van der Waals surface area contributed by atoms with Crippen molar-refractivity contribution in [3.05, 3.63) is 24.3 Å². The van der Waals surface area contributed by atoms with E-state index in [4.69, 9.17) is 4.74 Å². The topological polar surface area (TPSA) is 56.3 Å². The van der Waals surface area contributed by atoms with Gasteiger partial charge < -0.3 is 24.3 Å². The summed E-state index contributed by atoms with van der Waals surface area (Å²) < 4.78 is 5.19. The molecule has 148 valence electrons. The minimum absolute atomic E-state index is 0.00530. The first-order valence-electron chi connectivity index (χ1n) is 9.77. The second kappa shape index (κ2) is 9.08. The van der Waals surface area contributed by atoms with Crippen LogP contribution in [0.25, 0.3) is 0 Å². The quantitative estimate of drug-likeness (QED) is 0.717. The molecule has 0 aromatic heterocycles. The number of piperazine rings is 2. The predicted molar refractivity (Wildman–Crippen MR) is 105 cm³/mol. The SMILES string of the molecule is CCN1CCN(C(=O)CC(=O)N2CCN(c3ccc(OC)cc3)CC2)CC1. The van der Waals surface area contributed by atoms with Crippen LogP contribution in [0, 0.1) is 0 Å². The average molecular weight is 374 g/mol. The van der Waals surface area contributed by atoms with E-state index in [1.807, 2.05) is 34.1 Å². The highest BCUT2D eigenvalue weighted by Crippen LogP contribution is 2.20. The number of likely N-dealkylation sites (N-methyl/N-ethyl adjacent to an activating group) is 1. The van der Waals surface area contributed by atoms with Crippen molar-refractivity contribution in [3.63, 3.8) is 0 Å². The van der Waals surface area contributed by atoms with E-state index in [2.05, 4.69) is 16.7 Å². The van der Waals surface area contributed by atoms with E-state index in [1.54, 1.807) is 7.11 Å². The van der Waals surface area contributed by atoms with Crippen molar-refractivity contribution in [1.29, 1.82) is 0 Å². The Bertz CT molecular complexity index is 633. The molecule has 0 N–H and O–H groups in total. The normalized spacial score (nSPS) is 18.5. The van der Waals surface area contributed by atoms with Crippen molar-refractivity contribution < 1.29 is 14.3 Å². The van der Waals surface area contributed by atoms with Gasteiger partial charge in [0.2, 0.25) is 11.8 Å². The summed E-state index contributed by atoms with van der Waals surface area (Å²) in [6.45, 7) is 9.27. The molecule has 2 aliphatic rings. The molecule has 1 aromatic rings. The molecule has 0 aliphatic carbocycles. The standard InChI is InChI=1S/C20H30N4O3/c1-3-21-8-10-23(11-9-21)19(25)16-20(26)24-14-12-22(13-15-24)17-4-6-18(27-2)7-5-17/h4-7H,3,8-16H2,1-2H3. The molecule has 2 saturated heterocycles. The summed E-state index contributed by atoms with van der Waals surface area (Å²) in [7, 11) is 1.66. The molecule has 0 unspecified atom stereocenters. The third kappa shape index (κ3) is 4.91. The Morgan fingerprint density at radius 2 is 1.37 bits per heavy atom. The summed E-state index contributed by atoms with van der Waals surface area (Å²) in [6.07, 6.45) is -0.00530. The lowest BCUT2D eigenvalue weighted by Gasteiger charge is -2.37. The third-order valence-electron chi connectivity index (χ3n) is 5.54. The first kappa shape index (κ1) is 19.5. The van der Waals surface area contributed by atoms with Crippen LogP contribution in [0.5, 0.6) is 5.75 Å². The van der Waals surface area contributed by atoms with Crippen LogP contribution >= 0.6 is 0 Å². The van der Waals surface area contributed by atoms with Crippen molar-refractivity contribution in [1.82, 2.24) is 14.7 Å². The van der Waals surface area contributed by atoms with Crippen molar-refractivity contribution in [2.75, 3.05) is 70.9 Å². The monoisotopic (exact) mass is 374 g/mol. The molecule has 27 heavy (non-hydrogen) atoms. The molecule has 0 spiro atoms. The van der Waals surface area contributed by atoms with Gasteiger partial charge in [0.25, 0.3) is 0 Å². The van der Waals surface area contributed by atoms with E-state index in [0.29, 0.717) is 13.1 Å². The molecule has 0 atom stereocenters. The van der Waals surface area contributed by atoms with E-state index in [-0.39, 0.29) is 18.2 Å². The van der Waals surface area contributed by atoms with Crippen molar-refractivity contribution in [3.8, 4) is 5.75 Å². The van der Waals surface area contributed by atoms with Gasteiger partial charge in [-0.15, -0.1) is 0 Å². The molecule has 7 heteroatoms. The van der Waals surface area contributed by atoms with Crippen molar-refractivity contribution >= 4 is 17.5 Å². The van der Waals surface area contributed by atoms with Crippen LogP contribution in [0.15, 0.2) is 24.3 Å². The Balaban J connectivity index is 1.44. The smallest absolute Gasteiger partial charge is 0.232 e. The molecule has 0 radical (unpaired) electrons. The molecule has 3 rings (SSSR count). The number of carbonyl (C=O) groups is 2. The first-order valence-corrected chi connectivity index (χ1v) is 9.77. The highest BCUT2D eigenvalue weighted by molar-refractivity contribution is 5.97. The summed E-state index contributed by atoms with van der Waals surface area (Å²) in [5, 5.41) is 0. The number of benzene rings is 1. The predicted octanol–water partition coefficient (Wildman–Crippen LogP) is 0.898. The van der Waals surface area contributed by atoms with Gasteiger partial charge in [0.15, 0.2) is 0 Å². The Hall–Kier alpha value is -2.28. The Kier molecular flexibility index (Phi) is 6.55. The summed E-state index contributed by atoms with van der Waals surface area (Å²) >= 11 is 0.